The lowest BCUT2D eigenvalue weighted by Crippen LogP contribution is -2.12. The van der Waals surface area contributed by atoms with Gasteiger partial charge in [0.2, 0.25) is 0 Å². The molecule has 4 nitrogen and oxygen atoms in total. The zero-order valence-electron chi connectivity index (χ0n) is 10.4. The molecule has 1 heterocycles. The van der Waals surface area contributed by atoms with Gasteiger partial charge < -0.3 is 14.8 Å². The summed E-state index contributed by atoms with van der Waals surface area (Å²) in [5, 5.41) is 4.63. The molecule has 1 amide bonds. The molecular formula is C13H12BrNO3S. The fraction of sp³-hybridized carbons (Fsp3) is 0.154. The molecule has 0 spiro atoms. The van der Waals surface area contributed by atoms with Crippen LogP contribution < -0.4 is 14.8 Å². The predicted octanol–water partition coefficient (Wildman–Crippen LogP) is 3.78. The second-order valence-corrected chi connectivity index (χ2v) is 5.45. The standard InChI is InChI=1S/C13H12BrNO3S/c1-17-10-4-3-8(14)7-9(10)15-13(16)12-11(18-2)5-6-19-12/h3-7H,1-2H3,(H,15,16). The largest absolute Gasteiger partial charge is 0.495 e. The van der Waals surface area contributed by atoms with E-state index in [4.69, 9.17) is 9.47 Å². The van der Waals surface area contributed by atoms with Crippen LogP contribution in [0.5, 0.6) is 11.5 Å². The average Bonchev–Trinajstić information content (AvgIpc) is 2.87. The summed E-state index contributed by atoms with van der Waals surface area (Å²) in [6.07, 6.45) is 0. The van der Waals surface area contributed by atoms with Crippen LogP contribution in [0.1, 0.15) is 9.67 Å². The van der Waals surface area contributed by atoms with E-state index in [-0.39, 0.29) is 5.91 Å². The Hall–Kier alpha value is -1.53. The molecule has 0 bridgehead atoms. The van der Waals surface area contributed by atoms with Crippen molar-refractivity contribution in [2.75, 3.05) is 19.5 Å². The minimum Gasteiger partial charge on any atom is -0.495 e. The molecule has 19 heavy (non-hydrogen) atoms. The molecule has 0 radical (unpaired) electrons. The van der Waals surface area contributed by atoms with Crippen LogP contribution in [0.25, 0.3) is 0 Å². The third-order valence-corrected chi connectivity index (χ3v) is 3.85. The first-order valence-electron chi connectivity index (χ1n) is 5.42. The molecule has 0 aliphatic carbocycles. The van der Waals surface area contributed by atoms with Gasteiger partial charge in [0.1, 0.15) is 16.4 Å². The number of benzene rings is 1. The van der Waals surface area contributed by atoms with Gasteiger partial charge in [-0.3, -0.25) is 4.79 Å². The first kappa shape index (κ1) is 13.9. The summed E-state index contributed by atoms with van der Waals surface area (Å²) in [4.78, 5) is 12.7. The van der Waals surface area contributed by atoms with Gasteiger partial charge in [-0.05, 0) is 29.6 Å². The molecule has 0 saturated heterocycles. The molecule has 0 aliphatic rings. The lowest BCUT2D eigenvalue weighted by atomic mass is 10.3. The van der Waals surface area contributed by atoms with Crippen molar-refractivity contribution in [2.24, 2.45) is 0 Å². The Labute approximate surface area is 123 Å². The van der Waals surface area contributed by atoms with E-state index >= 15 is 0 Å². The van der Waals surface area contributed by atoms with E-state index in [2.05, 4.69) is 21.2 Å². The van der Waals surface area contributed by atoms with Gasteiger partial charge in [0.25, 0.3) is 5.91 Å². The molecule has 0 aliphatic heterocycles. The second kappa shape index (κ2) is 6.08. The van der Waals surface area contributed by atoms with Crippen LogP contribution in [0.3, 0.4) is 0 Å². The number of hydrogen-bond donors (Lipinski definition) is 1. The summed E-state index contributed by atoms with van der Waals surface area (Å²) in [6, 6.07) is 7.18. The predicted molar refractivity (Wildman–Crippen MR) is 79.5 cm³/mol. The van der Waals surface area contributed by atoms with Gasteiger partial charge in [0.15, 0.2) is 0 Å². The maximum absolute atomic E-state index is 12.2. The van der Waals surface area contributed by atoms with Crippen molar-refractivity contribution in [1.29, 1.82) is 0 Å². The van der Waals surface area contributed by atoms with E-state index in [9.17, 15) is 4.79 Å². The number of ether oxygens (including phenoxy) is 2. The number of amides is 1. The van der Waals surface area contributed by atoms with E-state index in [1.165, 1.54) is 11.3 Å². The molecule has 0 atom stereocenters. The molecular weight excluding hydrogens is 330 g/mol. The van der Waals surface area contributed by atoms with Crippen LogP contribution in [-0.2, 0) is 0 Å². The van der Waals surface area contributed by atoms with Gasteiger partial charge in [0, 0.05) is 4.47 Å². The van der Waals surface area contributed by atoms with E-state index < -0.39 is 0 Å². The number of carbonyl (C=O) groups excluding carboxylic acids is 1. The number of hydrogen-bond acceptors (Lipinski definition) is 4. The van der Waals surface area contributed by atoms with Gasteiger partial charge in [-0.2, -0.15) is 0 Å². The van der Waals surface area contributed by atoms with Crippen LogP contribution in [0.4, 0.5) is 5.69 Å². The Morgan fingerprint density at radius 3 is 2.63 bits per heavy atom. The van der Waals surface area contributed by atoms with Crippen molar-refractivity contribution < 1.29 is 14.3 Å². The summed E-state index contributed by atoms with van der Waals surface area (Å²) < 4.78 is 11.2. The zero-order valence-corrected chi connectivity index (χ0v) is 12.8. The monoisotopic (exact) mass is 341 g/mol. The van der Waals surface area contributed by atoms with Gasteiger partial charge in [-0.1, -0.05) is 15.9 Å². The van der Waals surface area contributed by atoms with Crippen molar-refractivity contribution in [3.05, 3.63) is 39.0 Å². The highest BCUT2D eigenvalue weighted by atomic mass is 79.9. The van der Waals surface area contributed by atoms with Gasteiger partial charge in [0.05, 0.1) is 19.9 Å². The van der Waals surface area contributed by atoms with Crippen molar-refractivity contribution in [3.8, 4) is 11.5 Å². The normalized spacial score (nSPS) is 10.1. The molecule has 0 saturated carbocycles. The number of carbonyl (C=O) groups is 1. The number of halogens is 1. The number of thiophene rings is 1. The topological polar surface area (TPSA) is 47.6 Å². The maximum atomic E-state index is 12.2. The summed E-state index contributed by atoms with van der Waals surface area (Å²) in [7, 11) is 3.10. The van der Waals surface area contributed by atoms with E-state index in [1.807, 2.05) is 11.4 Å². The molecule has 1 N–H and O–H groups in total. The Kier molecular flexibility index (Phi) is 4.44. The molecule has 1 aromatic heterocycles. The SMILES string of the molecule is COc1ccc(Br)cc1NC(=O)c1sccc1OC. The average molecular weight is 342 g/mol. The Morgan fingerprint density at radius 2 is 1.95 bits per heavy atom. The molecule has 2 rings (SSSR count). The smallest absolute Gasteiger partial charge is 0.269 e. The van der Waals surface area contributed by atoms with Crippen LogP contribution >= 0.6 is 27.3 Å². The number of anilines is 1. The summed E-state index contributed by atoms with van der Waals surface area (Å²) in [5.41, 5.74) is 0.609. The molecule has 0 fully saturated rings. The van der Waals surface area contributed by atoms with Gasteiger partial charge >= 0.3 is 0 Å². The van der Waals surface area contributed by atoms with Crippen molar-refractivity contribution in [2.45, 2.75) is 0 Å². The molecule has 1 aromatic carbocycles. The van der Waals surface area contributed by atoms with E-state index in [0.717, 1.165) is 4.47 Å². The lowest BCUT2D eigenvalue weighted by molar-refractivity contribution is 0.102. The highest BCUT2D eigenvalue weighted by Crippen LogP contribution is 2.30. The molecule has 6 heteroatoms. The summed E-state index contributed by atoms with van der Waals surface area (Å²) >= 11 is 4.69. The highest BCUT2D eigenvalue weighted by molar-refractivity contribution is 9.10. The minimum absolute atomic E-state index is 0.219. The van der Waals surface area contributed by atoms with Crippen LogP contribution in [0.15, 0.2) is 34.1 Å². The van der Waals surface area contributed by atoms with Crippen molar-refractivity contribution >= 4 is 38.9 Å². The quantitative estimate of drug-likeness (QED) is 0.920. The third kappa shape index (κ3) is 3.08. The minimum atomic E-state index is -0.219. The van der Waals surface area contributed by atoms with Gasteiger partial charge in [-0.15, -0.1) is 11.3 Å². The number of nitrogens with one attached hydrogen (secondary N) is 1. The van der Waals surface area contributed by atoms with Crippen molar-refractivity contribution in [3.63, 3.8) is 0 Å². The Balaban J connectivity index is 2.26. The molecule has 2 aromatic rings. The van der Waals surface area contributed by atoms with Crippen molar-refractivity contribution in [1.82, 2.24) is 0 Å². The van der Waals surface area contributed by atoms with Crippen LogP contribution in [-0.4, -0.2) is 20.1 Å². The van der Waals surface area contributed by atoms with Gasteiger partial charge in [-0.25, -0.2) is 0 Å². The molecule has 0 unspecified atom stereocenters. The Morgan fingerprint density at radius 1 is 1.21 bits per heavy atom. The highest BCUT2D eigenvalue weighted by Gasteiger charge is 2.15. The van der Waals surface area contributed by atoms with E-state index in [0.29, 0.717) is 22.1 Å². The second-order valence-electron chi connectivity index (χ2n) is 3.62. The van der Waals surface area contributed by atoms with Crippen LogP contribution in [0, 0.1) is 0 Å². The summed E-state index contributed by atoms with van der Waals surface area (Å²) in [6.45, 7) is 0. The third-order valence-electron chi connectivity index (χ3n) is 2.46. The van der Waals surface area contributed by atoms with E-state index in [1.54, 1.807) is 32.4 Å². The lowest BCUT2D eigenvalue weighted by Gasteiger charge is -2.10. The maximum Gasteiger partial charge on any atom is 0.269 e. The fourth-order valence-corrected chi connectivity index (χ4v) is 2.70. The molecule has 100 valence electrons. The fourth-order valence-electron chi connectivity index (χ4n) is 1.58. The number of methoxy groups -OCH3 is 2. The Bertz CT molecular complexity index is 597. The summed E-state index contributed by atoms with van der Waals surface area (Å²) in [5.74, 6) is 0.951. The number of rotatable bonds is 4. The van der Waals surface area contributed by atoms with Crippen LogP contribution in [0.2, 0.25) is 0 Å². The zero-order chi connectivity index (χ0) is 13.8. The first-order chi connectivity index (χ1) is 9.15. The first-order valence-corrected chi connectivity index (χ1v) is 7.09.